The first-order valence-corrected chi connectivity index (χ1v) is 5.03. The Hall–Kier alpha value is -1.29. The van der Waals surface area contributed by atoms with Crippen molar-refractivity contribution in [1.29, 1.82) is 0 Å². The predicted octanol–water partition coefficient (Wildman–Crippen LogP) is 3.14. The first-order valence-electron chi connectivity index (χ1n) is 5.03. The standard InChI is InChI=1S/C13H17N/c1-5-8-13(3,4)11-7-9-14-12(6-2)10-11/h2,7,9-10H,5,8H2,1,3-4H3. The van der Waals surface area contributed by atoms with Crippen molar-refractivity contribution in [2.24, 2.45) is 0 Å². The fourth-order valence-corrected chi connectivity index (χ4v) is 1.70. The van der Waals surface area contributed by atoms with Crippen LogP contribution in [0.3, 0.4) is 0 Å². The largest absolute Gasteiger partial charge is 0.248 e. The Morgan fingerprint density at radius 2 is 2.21 bits per heavy atom. The smallest absolute Gasteiger partial charge is 0.113 e. The summed E-state index contributed by atoms with van der Waals surface area (Å²) in [6.07, 6.45) is 9.47. The molecule has 0 unspecified atom stereocenters. The number of nitrogens with zero attached hydrogens (tertiary/aromatic N) is 1. The summed E-state index contributed by atoms with van der Waals surface area (Å²) in [6.45, 7) is 6.68. The van der Waals surface area contributed by atoms with Gasteiger partial charge in [-0.3, -0.25) is 0 Å². The molecule has 1 aromatic rings. The highest BCUT2D eigenvalue weighted by Gasteiger charge is 2.19. The number of rotatable bonds is 3. The number of terminal acetylenes is 1. The number of hydrogen-bond acceptors (Lipinski definition) is 1. The topological polar surface area (TPSA) is 12.9 Å². The summed E-state index contributed by atoms with van der Waals surface area (Å²) in [5.41, 5.74) is 2.21. The van der Waals surface area contributed by atoms with E-state index in [9.17, 15) is 0 Å². The van der Waals surface area contributed by atoms with Crippen LogP contribution < -0.4 is 0 Å². The highest BCUT2D eigenvalue weighted by Crippen LogP contribution is 2.28. The lowest BCUT2D eigenvalue weighted by Gasteiger charge is -2.24. The Kier molecular flexibility index (Phi) is 3.30. The second kappa shape index (κ2) is 4.28. The van der Waals surface area contributed by atoms with Gasteiger partial charge >= 0.3 is 0 Å². The summed E-state index contributed by atoms with van der Waals surface area (Å²) >= 11 is 0. The van der Waals surface area contributed by atoms with Crippen LogP contribution in [0.15, 0.2) is 18.3 Å². The molecular formula is C13H17N. The molecule has 0 aliphatic carbocycles. The molecule has 0 atom stereocenters. The lowest BCUT2D eigenvalue weighted by Crippen LogP contribution is -2.16. The van der Waals surface area contributed by atoms with E-state index in [-0.39, 0.29) is 5.41 Å². The van der Waals surface area contributed by atoms with Gasteiger partial charge < -0.3 is 0 Å². The van der Waals surface area contributed by atoms with Crippen LogP contribution in [0.25, 0.3) is 0 Å². The molecule has 14 heavy (non-hydrogen) atoms. The molecular weight excluding hydrogens is 170 g/mol. The fraction of sp³-hybridized carbons (Fsp3) is 0.462. The van der Waals surface area contributed by atoms with E-state index in [0.717, 1.165) is 5.69 Å². The Morgan fingerprint density at radius 3 is 2.79 bits per heavy atom. The third-order valence-corrected chi connectivity index (χ3v) is 2.56. The van der Waals surface area contributed by atoms with Gasteiger partial charge in [0.05, 0.1) is 0 Å². The van der Waals surface area contributed by atoms with E-state index in [1.807, 2.05) is 6.07 Å². The van der Waals surface area contributed by atoms with Gasteiger partial charge in [-0.1, -0.05) is 33.1 Å². The molecule has 0 aliphatic heterocycles. The maximum atomic E-state index is 5.32. The molecule has 0 amide bonds. The van der Waals surface area contributed by atoms with E-state index in [1.54, 1.807) is 6.20 Å². The summed E-state index contributed by atoms with van der Waals surface area (Å²) in [6, 6.07) is 4.06. The lowest BCUT2D eigenvalue weighted by atomic mass is 9.81. The maximum absolute atomic E-state index is 5.32. The molecule has 1 aromatic heterocycles. The van der Waals surface area contributed by atoms with Crippen LogP contribution in [0, 0.1) is 12.3 Å². The van der Waals surface area contributed by atoms with Crippen LogP contribution >= 0.6 is 0 Å². The molecule has 0 aromatic carbocycles. The van der Waals surface area contributed by atoms with Gasteiger partial charge in [-0.2, -0.15) is 0 Å². The molecule has 1 heterocycles. The van der Waals surface area contributed by atoms with Gasteiger partial charge in [-0.15, -0.1) is 6.42 Å². The van der Waals surface area contributed by atoms with Crippen LogP contribution in [0.5, 0.6) is 0 Å². The van der Waals surface area contributed by atoms with Gasteiger partial charge in [0, 0.05) is 6.20 Å². The molecule has 74 valence electrons. The van der Waals surface area contributed by atoms with Crippen LogP contribution in [0.2, 0.25) is 0 Å². The minimum absolute atomic E-state index is 0.198. The molecule has 0 spiro atoms. The van der Waals surface area contributed by atoms with Crippen LogP contribution in [0.1, 0.15) is 44.9 Å². The zero-order chi connectivity index (χ0) is 10.6. The van der Waals surface area contributed by atoms with Crippen LogP contribution in [0.4, 0.5) is 0 Å². The molecule has 0 saturated carbocycles. The van der Waals surface area contributed by atoms with Crippen molar-refractivity contribution in [3.8, 4) is 12.3 Å². The predicted molar refractivity (Wildman–Crippen MR) is 60.1 cm³/mol. The molecule has 1 heteroatoms. The molecule has 0 radical (unpaired) electrons. The molecule has 1 rings (SSSR count). The Morgan fingerprint density at radius 1 is 1.50 bits per heavy atom. The molecule has 0 saturated heterocycles. The van der Waals surface area contributed by atoms with Crippen LogP contribution in [-0.4, -0.2) is 4.98 Å². The first kappa shape index (κ1) is 10.8. The van der Waals surface area contributed by atoms with Crippen molar-refractivity contribution < 1.29 is 0 Å². The number of pyridine rings is 1. The Labute approximate surface area is 86.6 Å². The highest BCUT2D eigenvalue weighted by molar-refractivity contribution is 5.32. The van der Waals surface area contributed by atoms with Gasteiger partial charge in [0.25, 0.3) is 0 Å². The molecule has 0 bridgehead atoms. The average Bonchev–Trinajstić information content (AvgIpc) is 2.18. The SMILES string of the molecule is C#Cc1cc(C(C)(C)CCC)ccn1. The van der Waals surface area contributed by atoms with Gasteiger partial charge in [0.15, 0.2) is 0 Å². The van der Waals surface area contributed by atoms with Crippen molar-refractivity contribution >= 4 is 0 Å². The minimum Gasteiger partial charge on any atom is -0.248 e. The van der Waals surface area contributed by atoms with E-state index in [0.29, 0.717) is 0 Å². The lowest BCUT2D eigenvalue weighted by molar-refractivity contribution is 0.472. The van der Waals surface area contributed by atoms with Gasteiger partial charge in [-0.05, 0) is 29.5 Å². The van der Waals surface area contributed by atoms with E-state index in [2.05, 4.69) is 37.7 Å². The van der Waals surface area contributed by atoms with Crippen molar-refractivity contribution in [3.05, 3.63) is 29.6 Å². The van der Waals surface area contributed by atoms with Gasteiger partial charge in [0.1, 0.15) is 5.69 Å². The maximum Gasteiger partial charge on any atom is 0.113 e. The second-order valence-corrected chi connectivity index (χ2v) is 4.21. The summed E-state index contributed by atoms with van der Waals surface area (Å²) in [5.74, 6) is 2.57. The molecule has 0 fully saturated rings. The molecule has 0 aliphatic rings. The van der Waals surface area contributed by atoms with E-state index in [1.165, 1.54) is 18.4 Å². The quantitative estimate of drug-likeness (QED) is 0.662. The highest BCUT2D eigenvalue weighted by atomic mass is 14.7. The van der Waals surface area contributed by atoms with Crippen molar-refractivity contribution in [2.75, 3.05) is 0 Å². The summed E-state index contributed by atoms with van der Waals surface area (Å²) in [4.78, 5) is 4.10. The van der Waals surface area contributed by atoms with Crippen molar-refractivity contribution in [2.45, 2.75) is 39.0 Å². The summed E-state index contributed by atoms with van der Waals surface area (Å²) in [5, 5.41) is 0. The normalized spacial score (nSPS) is 11.0. The Bertz CT molecular complexity index is 344. The number of aromatic nitrogens is 1. The zero-order valence-electron chi connectivity index (χ0n) is 9.17. The second-order valence-electron chi connectivity index (χ2n) is 4.21. The van der Waals surface area contributed by atoms with Crippen molar-refractivity contribution in [3.63, 3.8) is 0 Å². The van der Waals surface area contributed by atoms with E-state index in [4.69, 9.17) is 6.42 Å². The monoisotopic (exact) mass is 187 g/mol. The Balaban J connectivity index is 3.01. The summed E-state index contributed by atoms with van der Waals surface area (Å²) in [7, 11) is 0. The van der Waals surface area contributed by atoms with E-state index < -0.39 is 0 Å². The van der Waals surface area contributed by atoms with E-state index >= 15 is 0 Å². The molecule has 1 nitrogen and oxygen atoms in total. The van der Waals surface area contributed by atoms with Crippen molar-refractivity contribution in [1.82, 2.24) is 4.98 Å². The average molecular weight is 187 g/mol. The third kappa shape index (κ3) is 2.35. The van der Waals surface area contributed by atoms with Gasteiger partial charge in [0.2, 0.25) is 0 Å². The van der Waals surface area contributed by atoms with Gasteiger partial charge in [-0.25, -0.2) is 4.98 Å². The minimum atomic E-state index is 0.198. The van der Waals surface area contributed by atoms with Crippen LogP contribution in [-0.2, 0) is 5.41 Å². The third-order valence-electron chi connectivity index (χ3n) is 2.56. The first-order chi connectivity index (χ1) is 6.60. The summed E-state index contributed by atoms with van der Waals surface area (Å²) < 4.78 is 0. The zero-order valence-corrected chi connectivity index (χ0v) is 9.17. The number of hydrogen-bond donors (Lipinski definition) is 0. The molecule has 0 N–H and O–H groups in total. The fourth-order valence-electron chi connectivity index (χ4n) is 1.70.